The largest absolute Gasteiger partial charge is 0.321 e. The molecule has 26 heavy (non-hydrogen) atoms. The number of carbonyl (C=O) groups excluding carboxylic acids is 1. The molecule has 140 valence electrons. The molecule has 1 N–H and O–H groups in total. The van der Waals surface area contributed by atoms with Crippen molar-refractivity contribution in [3.05, 3.63) is 45.6 Å². The third-order valence-corrected chi connectivity index (χ3v) is 7.78. The van der Waals surface area contributed by atoms with Crippen LogP contribution in [0.15, 0.2) is 34.5 Å². The molecule has 1 aliphatic heterocycles. The molecular weight excluding hydrogens is 368 g/mol. The van der Waals surface area contributed by atoms with Crippen LogP contribution in [0.4, 0.5) is 5.69 Å². The van der Waals surface area contributed by atoms with E-state index in [1.165, 1.54) is 10.4 Å². The molecule has 0 bridgehead atoms. The van der Waals surface area contributed by atoms with Crippen LogP contribution < -0.4 is 5.32 Å². The van der Waals surface area contributed by atoms with Crippen LogP contribution in [0.1, 0.15) is 40.6 Å². The van der Waals surface area contributed by atoms with Crippen LogP contribution in [0.2, 0.25) is 0 Å². The third kappa shape index (κ3) is 4.00. The van der Waals surface area contributed by atoms with Crippen molar-refractivity contribution in [2.24, 2.45) is 5.92 Å². The number of carbonyl (C=O) groups is 1. The molecule has 0 unspecified atom stereocenters. The van der Waals surface area contributed by atoms with Gasteiger partial charge in [-0.25, -0.2) is 8.42 Å². The van der Waals surface area contributed by atoms with Crippen molar-refractivity contribution in [2.45, 2.75) is 38.5 Å². The van der Waals surface area contributed by atoms with Gasteiger partial charge >= 0.3 is 0 Å². The van der Waals surface area contributed by atoms with Gasteiger partial charge < -0.3 is 5.32 Å². The fraction of sp³-hybridized carbons (Fsp3) is 0.421. The molecule has 0 aliphatic carbocycles. The molecule has 0 radical (unpaired) electrons. The summed E-state index contributed by atoms with van der Waals surface area (Å²) >= 11 is 1.16. The highest BCUT2D eigenvalue weighted by molar-refractivity contribution is 7.89. The number of rotatable bonds is 4. The maximum atomic E-state index is 12.8. The van der Waals surface area contributed by atoms with E-state index in [4.69, 9.17) is 0 Å². The Kier molecular flexibility index (Phi) is 5.50. The first-order chi connectivity index (χ1) is 12.3. The predicted molar refractivity (Wildman–Crippen MR) is 105 cm³/mol. The van der Waals surface area contributed by atoms with E-state index < -0.39 is 10.0 Å². The van der Waals surface area contributed by atoms with Gasteiger partial charge in [-0.15, -0.1) is 11.3 Å². The van der Waals surface area contributed by atoms with Crippen molar-refractivity contribution in [3.63, 3.8) is 0 Å². The number of nitrogens with zero attached hydrogens (tertiary/aromatic N) is 1. The number of benzene rings is 1. The highest BCUT2D eigenvalue weighted by Gasteiger charge is 2.29. The van der Waals surface area contributed by atoms with Crippen molar-refractivity contribution in [1.82, 2.24) is 4.31 Å². The van der Waals surface area contributed by atoms with Crippen molar-refractivity contribution >= 4 is 33.0 Å². The molecule has 7 heteroatoms. The van der Waals surface area contributed by atoms with Crippen molar-refractivity contribution in [1.29, 1.82) is 0 Å². The number of sulfonamides is 1. The normalized spacial score (nSPS) is 16.6. The molecule has 1 aliphatic rings. The fourth-order valence-electron chi connectivity index (χ4n) is 3.00. The van der Waals surface area contributed by atoms with Gasteiger partial charge in [-0.2, -0.15) is 4.31 Å². The summed E-state index contributed by atoms with van der Waals surface area (Å²) in [6, 6.07) is 7.33. The quantitative estimate of drug-likeness (QED) is 0.854. The van der Waals surface area contributed by atoms with Crippen LogP contribution in [0.3, 0.4) is 0 Å². The zero-order valence-electron chi connectivity index (χ0n) is 15.3. The summed E-state index contributed by atoms with van der Waals surface area (Å²) in [6.45, 7) is 7.12. The van der Waals surface area contributed by atoms with Gasteiger partial charge in [0.15, 0.2) is 0 Å². The highest BCUT2D eigenvalue weighted by Crippen LogP contribution is 2.27. The first-order valence-electron chi connectivity index (χ1n) is 8.74. The number of thiophene rings is 1. The Morgan fingerprint density at radius 2 is 1.88 bits per heavy atom. The van der Waals surface area contributed by atoms with E-state index in [2.05, 4.69) is 12.2 Å². The number of hydrogen-bond donors (Lipinski definition) is 1. The Balaban J connectivity index is 1.76. The zero-order chi connectivity index (χ0) is 18.9. The number of anilines is 1. The molecule has 1 saturated heterocycles. The van der Waals surface area contributed by atoms with Crippen LogP contribution in [0.5, 0.6) is 0 Å². The van der Waals surface area contributed by atoms with E-state index in [1.807, 2.05) is 32.0 Å². The molecule has 2 aromatic rings. The van der Waals surface area contributed by atoms with E-state index in [-0.39, 0.29) is 10.8 Å². The molecule has 3 rings (SSSR count). The Labute approximate surface area is 159 Å². The zero-order valence-corrected chi connectivity index (χ0v) is 16.9. The van der Waals surface area contributed by atoms with Gasteiger partial charge in [0.1, 0.15) is 0 Å². The minimum Gasteiger partial charge on any atom is -0.321 e. The Bertz CT molecular complexity index is 911. The van der Waals surface area contributed by atoms with Crippen LogP contribution in [-0.4, -0.2) is 31.7 Å². The summed E-state index contributed by atoms with van der Waals surface area (Å²) in [5.41, 5.74) is 2.77. The fourth-order valence-corrected chi connectivity index (χ4v) is 5.63. The lowest BCUT2D eigenvalue weighted by Crippen LogP contribution is -2.37. The Hall–Kier alpha value is -1.70. The maximum Gasteiger partial charge on any atom is 0.265 e. The summed E-state index contributed by atoms with van der Waals surface area (Å²) in [5, 5.41) is 4.44. The van der Waals surface area contributed by atoms with Crippen LogP contribution >= 0.6 is 11.3 Å². The molecule has 1 amide bonds. The summed E-state index contributed by atoms with van der Waals surface area (Å²) in [6.07, 6.45) is 1.76. The van der Waals surface area contributed by atoms with Gasteiger partial charge in [0.25, 0.3) is 5.91 Å². The van der Waals surface area contributed by atoms with Gasteiger partial charge in [-0.1, -0.05) is 19.1 Å². The van der Waals surface area contributed by atoms with E-state index >= 15 is 0 Å². The molecule has 0 atom stereocenters. The number of nitrogens with one attached hydrogen (secondary N) is 1. The van der Waals surface area contributed by atoms with Gasteiger partial charge in [0, 0.05) is 24.2 Å². The highest BCUT2D eigenvalue weighted by atomic mass is 32.2. The molecule has 1 aromatic carbocycles. The summed E-state index contributed by atoms with van der Waals surface area (Å²) in [5.74, 6) is 0.278. The second-order valence-corrected chi connectivity index (χ2v) is 9.85. The Morgan fingerprint density at radius 1 is 1.19 bits per heavy atom. The van der Waals surface area contributed by atoms with Crippen LogP contribution in [0, 0.1) is 19.8 Å². The average Bonchev–Trinajstić information content (AvgIpc) is 3.09. The first kappa shape index (κ1) is 19.1. The predicted octanol–water partition coefficient (Wildman–Crippen LogP) is 4.04. The second-order valence-electron chi connectivity index (χ2n) is 7.01. The molecule has 1 aromatic heterocycles. The average molecular weight is 393 g/mol. The number of piperidine rings is 1. The minimum absolute atomic E-state index is 0.211. The van der Waals surface area contributed by atoms with E-state index in [0.29, 0.717) is 23.9 Å². The molecule has 1 fully saturated rings. The topological polar surface area (TPSA) is 66.5 Å². The van der Waals surface area contributed by atoms with E-state index in [9.17, 15) is 13.2 Å². The van der Waals surface area contributed by atoms with Crippen molar-refractivity contribution in [2.75, 3.05) is 18.4 Å². The lowest BCUT2D eigenvalue weighted by atomic mass is 10.0. The number of amides is 1. The maximum absolute atomic E-state index is 12.8. The van der Waals surface area contributed by atoms with Crippen LogP contribution in [-0.2, 0) is 10.0 Å². The van der Waals surface area contributed by atoms with Gasteiger partial charge in [-0.05, 0) is 55.9 Å². The lowest BCUT2D eigenvalue weighted by molar-refractivity contribution is 0.103. The summed E-state index contributed by atoms with van der Waals surface area (Å²) in [7, 11) is -3.52. The second kappa shape index (κ2) is 7.50. The first-order valence-corrected chi connectivity index (χ1v) is 11.1. The number of aryl methyl sites for hydroxylation is 2. The SMILES string of the molecule is Cc1ccc(C)c(NC(=O)c2cc(S(=O)(=O)N3CCC(C)CC3)cs2)c1. The molecule has 0 saturated carbocycles. The van der Waals surface area contributed by atoms with E-state index in [1.54, 1.807) is 5.38 Å². The lowest BCUT2D eigenvalue weighted by Gasteiger charge is -2.29. The monoisotopic (exact) mass is 392 g/mol. The molecule has 0 spiro atoms. The Morgan fingerprint density at radius 3 is 2.58 bits per heavy atom. The van der Waals surface area contributed by atoms with Gasteiger partial charge in [-0.3, -0.25) is 4.79 Å². The standard InChI is InChI=1S/C19H24N2O3S2/c1-13-6-8-21(9-7-13)26(23,24)16-11-18(25-12-16)19(22)20-17-10-14(2)4-5-15(17)3/h4-5,10-13H,6-9H2,1-3H3,(H,20,22). The van der Waals surface area contributed by atoms with Gasteiger partial charge in [0.05, 0.1) is 9.77 Å². The third-order valence-electron chi connectivity index (χ3n) is 4.82. The summed E-state index contributed by atoms with van der Waals surface area (Å²) < 4.78 is 27.1. The molecule has 5 nitrogen and oxygen atoms in total. The molecule has 2 heterocycles. The van der Waals surface area contributed by atoms with Gasteiger partial charge in [0.2, 0.25) is 10.0 Å². The van der Waals surface area contributed by atoms with E-state index in [0.717, 1.165) is 41.0 Å². The van der Waals surface area contributed by atoms with Crippen molar-refractivity contribution in [3.8, 4) is 0 Å². The molecular formula is C19H24N2O3S2. The summed E-state index contributed by atoms with van der Waals surface area (Å²) in [4.78, 5) is 13.1. The minimum atomic E-state index is -3.52. The van der Waals surface area contributed by atoms with Crippen molar-refractivity contribution < 1.29 is 13.2 Å². The number of hydrogen-bond acceptors (Lipinski definition) is 4. The van der Waals surface area contributed by atoms with Crippen LogP contribution in [0.25, 0.3) is 0 Å². The smallest absolute Gasteiger partial charge is 0.265 e.